The number of hydrogen-bond acceptors (Lipinski definition) is 3. The molecule has 4 nitrogen and oxygen atoms in total. The minimum absolute atomic E-state index is 0.307. The molecule has 1 amide bonds. The number of nitrogens with one attached hydrogen (secondary N) is 1. The van der Waals surface area contributed by atoms with Gasteiger partial charge in [-0.1, -0.05) is 5.57 Å². The second-order valence-electron chi connectivity index (χ2n) is 6.83. The smallest absolute Gasteiger partial charge is 0.408 e. The van der Waals surface area contributed by atoms with Crippen molar-refractivity contribution in [3.63, 3.8) is 0 Å². The molecule has 122 valence electrons. The van der Waals surface area contributed by atoms with E-state index in [2.05, 4.69) is 11.9 Å². The number of amides is 1. The van der Waals surface area contributed by atoms with E-state index in [4.69, 9.17) is 10.5 Å². The number of nitrogens with two attached hydrogens (primary N) is 1. The SMILES string of the molecule is C=C(C)C[C@](C)(NC(=O)OC(C)(C)C)c1cc(N)ccc1F. The first-order valence-corrected chi connectivity index (χ1v) is 7.14. The molecule has 0 saturated carbocycles. The van der Waals surface area contributed by atoms with E-state index >= 15 is 0 Å². The van der Waals surface area contributed by atoms with Crippen LogP contribution in [-0.2, 0) is 10.3 Å². The summed E-state index contributed by atoms with van der Waals surface area (Å²) in [6, 6.07) is 4.29. The van der Waals surface area contributed by atoms with Crippen LogP contribution < -0.4 is 11.1 Å². The Hall–Kier alpha value is -2.04. The standard InChI is InChI=1S/C17H25FN2O2/c1-11(2)10-17(6,20-15(21)22-16(3,4)5)13-9-12(19)7-8-14(13)18/h7-9H,1,10,19H2,2-6H3,(H,20,21)/t17-/m0/s1. The van der Waals surface area contributed by atoms with Gasteiger partial charge in [-0.25, -0.2) is 9.18 Å². The molecule has 3 N–H and O–H groups in total. The van der Waals surface area contributed by atoms with E-state index in [-0.39, 0.29) is 0 Å². The van der Waals surface area contributed by atoms with E-state index in [9.17, 15) is 9.18 Å². The van der Waals surface area contributed by atoms with Crippen LogP contribution in [-0.4, -0.2) is 11.7 Å². The molecule has 0 saturated heterocycles. The van der Waals surface area contributed by atoms with Crippen molar-refractivity contribution in [2.45, 2.75) is 52.2 Å². The molecule has 1 aromatic rings. The summed E-state index contributed by atoms with van der Waals surface area (Å²) in [7, 11) is 0. The Morgan fingerprint density at radius 2 is 1.95 bits per heavy atom. The summed E-state index contributed by atoms with van der Waals surface area (Å²) in [5.41, 5.74) is 5.66. The van der Waals surface area contributed by atoms with Crippen molar-refractivity contribution in [1.29, 1.82) is 0 Å². The van der Waals surface area contributed by atoms with Crippen LogP contribution in [0.15, 0.2) is 30.4 Å². The number of carbonyl (C=O) groups is 1. The predicted octanol–water partition coefficient (Wildman–Crippen LogP) is 4.11. The van der Waals surface area contributed by atoms with Crippen molar-refractivity contribution in [1.82, 2.24) is 5.32 Å². The second-order valence-corrected chi connectivity index (χ2v) is 6.83. The summed E-state index contributed by atoms with van der Waals surface area (Å²) in [4.78, 5) is 12.1. The lowest BCUT2D eigenvalue weighted by molar-refractivity contribution is 0.0459. The van der Waals surface area contributed by atoms with Crippen molar-refractivity contribution in [2.24, 2.45) is 0 Å². The monoisotopic (exact) mass is 308 g/mol. The molecule has 0 heterocycles. The molecule has 1 atom stereocenters. The number of nitrogen functional groups attached to an aromatic ring is 1. The molecule has 0 spiro atoms. The molecule has 1 aromatic carbocycles. The summed E-state index contributed by atoms with van der Waals surface area (Å²) >= 11 is 0. The molecule has 0 unspecified atom stereocenters. The van der Waals surface area contributed by atoms with Crippen LogP contribution in [0.5, 0.6) is 0 Å². The van der Waals surface area contributed by atoms with Gasteiger partial charge in [-0.15, -0.1) is 6.58 Å². The van der Waals surface area contributed by atoms with Crippen LogP contribution in [0, 0.1) is 5.82 Å². The Balaban J connectivity index is 3.17. The van der Waals surface area contributed by atoms with Gasteiger partial charge in [0.15, 0.2) is 0 Å². The van der Waals surface area contributed by atoms with E-state index in [0.29, 0.717) is 17.7 Å². The maximum Gasteiger partial charge on any atom is 0.408 e. The number of ether oxygens (including phenoxy) is 1. The van der Waals surface area contributed by atoms with E-state index in [1.807, 2.05) is 6.92 Å². The van der Waals surface area contributed by atoms with E-state index < -0.39 is 23.1 Å². The average molecular weight is 308 g/mol. The summed E-state index contributed by atoms with van der Waals surface area (Å²) in [6.45, 7) is 12.7. The van der Waals surface area contributed by atoms with Gasteiger partial charge in [0, 0.05) is 11.3 Å². The molecule has 0 aromatic heterocycles. The summed E-state index contributed by atoms with van der Waals surface area (Å²) in [6.07, 6.45) is -0.245. The van der Waals surface area contributed by atoms with Gasteiger partial charge in [0.1, 0.15) is 11.4 Å². The summed E-state index contributed by atoms with van der Waals surface area (Å²) in [5.74, 6) is -0.436. The minimum Gasteiger partial charge on any atom is -0.444 e. The van der Waals surface area contributed by atoms with Gasteiger partial charge in [-0.05, 0) is 59.2 Å². The van der Waals surface area contributed by atoms with Crippen LogP contribution in [0.1, 0.15) is 46.6 Å². The summed E-state index contributed by atoms with van der Waals surface area (Å²) in [5, 5.41) is 2.75. The zero-order valence-electron chi connectivity index (χ0n) is 13.9. The van der Waals surface area contributed by atoms with Crippen molar-refractivity contribution in [3.8, 4) is 0 Å². The third kappa shape index (κ3) is 5.06. The lowest BCUT2D eigenvalue weighted by Gasteiger charge is -2.33. The van der Waals surface area contributed by atoms with Gasteiger partial charge in [0.2, 0.25) is 0 Å². The highest BCUT2D eigenvalue weighted by atomic mass is 19.1. The fourth-order valence-electron chi connectivity index (χ4n) is 2.30. The average Bonchev–Trinajstić information content (AvgIpc) is 2.28. The summed E-state index contributed by atoms with van der Waals surface area (Å²) < 4.78 is 19.5. The number of alkyl carbamates (subject to hydrolysis) is 1. The topological polar surface area (TPSA) is 64.3 Å². The van der Waals surface area contributed by atoms with Crippen molar-refractivity contribution >= 4 is 11.8 Å². The van der Waals surface area contributed by atoms with Gasteiger partial charge in [-0.2, -0.15) is 0 Å². The quantitative estimate of drug-likeness (QED) is 0.650. The molecule has 0 fully saturated rings. The lowest BCUT2D eigenvalue weighted by atomic mass is 9.85. The molecule has 1 rings (SSSR count). The molecule has 0 aliphatic carbocycles. The van der Waals surface area contributed by atoms with Crippen molar-refractivity contribution in [2.75, 3.05) is 5.73 Å². The Morgan fingerprint density at radius 3 is 2.45 bits per heavy atom. The normalized spacial score (nSPS) is 14.1. The zero-order chi connectivity index (χ0) is 17.1. The maximum absolute atomic E-state index is 14.2. The first-order chi connectivity index (χ1) is 9.93. The number of benzene rings is 1. The van der Waals surface area contributed by atoms with Gasteiger partial charge in [0.05, 0.1) is 5.54 Å². The van der Waals surface area contributed by atoms with E-state index in [0.717, 1.165) is 5.57 Å². The van der Waals surface area contributed by atoms with Crippen LogP contribution in [0.3, 0.4) is 0 Å². The molecule has 22 heavy (non-hydrogen) atoms. The van der Waals surface area contributed by atoms with Gasteiger partial charge < -0.3 is 15.8 Å². The van der Waals surface area contributed by atoms with E-state index in [1.165, 1.54) is 18.2 Å². The number of halogens is 1. The molecule has 0 aliphatic heterocycles. The van der Waals surface area contributed by atoms with Gasteiger partial charge in [-0.3, -0.25) is 0 Å². The third-order valence-corrected chi connectivity index (χ3v) is 3.02. The molecule has 0 radical (unpaired) electrons. The molecule has 5 heteroatoms. The van der Waals surface area contributed by atoms with Crippen LogP contribution >= 0.6 is 0 Å². The van der Waals surface area contributed by atoms with Gasteiger partial charge >= 0.3 is 6.09 Å². The van der Waals surface area contributed by atoms with E-state index in [1.54, 1.807) is 27.7 Å². The number of rotatable bonds is 4. The maximum atomic E-state index is 14.2. The Morgan fingerprint density at radius 1 is 1.36 bits per heavy atom. The fraction of sp³-hybridized carbons (Fsp3) is 0.471. The minimum atomic E-state index is -0.992. The zero-order valence-corrected chi connectivity index (χ0v) is 13.9. The molecule has 0 bridgehead atoms. The van der Waals surface area contributed by atoms with Crippen LogP contribution in [0.4, 0.5) is 14.9 Å². The fourth-order valence-corrected chi connectivity index (χ4v) is 2.30. The third-order valence-electron chi connectivity index (χ3n) is 3.02. The number of hydrogen-bond donors (Lipinski definition) is 2. The first kappa shape index (κ1) is 18.0. The van der Waals surface area contributed by atoms with Crippen LogP contribution in [0.2, 0.25) is 0 Å². The Bertz CT molecular complexity index is 579. The van der Waals surface area contributed by atoms with Crippen molar-refractivity contribution in [3.05, 3.63) is 41.7 Å². The number of anilines is 1. The highest BCUT2D eigenvalue weighted by Gasteiger charge is 2.33. The molecular weight excluding hydrogens is 283 g/mol. The van der Waals surface area contributed by atoms with Gasteiger partial charge in [0.25, 0.3) is 0 Å². The largest absolute Gasteiger partial charge is 0.444 e. The second kappa shape index (κ2) is 6.38. The predicted molar refractivity (Wildman–Crippen MR) is 87.0 cm³/mol. The highest BCUT2D eigenvalue weighted by Crippen LogP contribution is 2.31. The number of carbonyl (C=O) groups excluding carboxylic acids is 1. The van der Waals surface area contributed by atoms with Crippen LogP contribution in [0.25, 0.3) is 0 Å². The van der Waals surface area contributed by atoms with Crippen molar-refractivity contribution < 1.29 is 13.9 Å². The first-order valence-electron chi connectivity index (χ1n) is 7.14. The molecule has 0 aliphatic rings. The molecular formula is C17H25FN2O2. The lowest BCUT2D eigenvalue weighted by Crippen LogP contribution is -2.46. The Kier molecular flexibility index (Phi) is 5.22. The highest BCUT2D eigenvalue weighted by molar-refractivity contribution is 5.69. The Labute approximate surface area is 131 Å².